The molecule has 2 aromatic rings. The van der Waals surface area contributed by atoms with Crippen LogP contribution in [-0.2, 0) is 22.6 Å². The van der Waals surface area contributed by atoms with Crippen LogP contribution < -0.4 is 10.6 Å². The normalized spacial score (nSPS) is 21.1. The number of pyridine rings is 1. The second-order valence-corrected chi connectivity index (χ2v) is 9.18. The molecule has 1 fully saturated rings. The minimum absolute atomic E-state index is 0.00829. The van der Waals surface area contributed by atoms with Gasteiger partial charge in [-0.25, -0.2) is 4.98 Å². The summed E-state index contributed by atoms with van der Waals surface area (Å²) in [5.41, 5.74) is 3.09. The highest BCUT2D eigenvalue weighted by Crippen LogP contribution is 2.34. The fourth-order valence-electron chi connectivity index (χ4n) is 4.89. The van der Waals surface area contributed by atoms with Crippen molar-refractivity contribution in [3.8, 4) is 11.1 Å². The molecule has 0 saturated heterocycles. The predicted molar refractivity (Wildman–Crippen MR) is 121 cm³/mol. The van der Waals surface area contributed by atoms with Crippen LogP contribution in [0.4, 0.5) is 5.82 Å². The molecular formula is C23H30ClN5O2. The van der Waals surface area contributed by atoms with Crippen molar-refractivity contribution in [2.45, 2.75) is 77.3 Å². The van der Waals surface area contributed by atoms with Gasteiger partial charge in [-0.3, -0.25) is 14.3 Å². The van der Waals surface area contributed by atoms with E-state index in [-0.39, 0.29) is 23.8 Å². The lowest BCUT2D eigenvalue weighted by Gasteiger charge is -2.29. The van der Waals surface area contributed by atoms with Crippen molar-refractivity contribution in [3.63, 3.8) is 0 Å². The Hall–Kier alpha value is -2.41. The number of hydrogen-bond acceptors (Lipinski definition) is 4. The molecule has 2 atom stereocenters. The summed E-state index contributed by atoms with van der Waals surface area (Å²) in [6.07, 6.45) is 12.2. The van der Waals surface area contributed by atoms with Gasteiger partial charge >= 0.3 is 0 Å². The monoisotopic (exact) mass is 443 g/mol. The number of nitrogens with one attached hydrogen (secondary N) is 2. The van der Waals surface area contributed by atoms with Gasteiger partial charge in [-0.05, 0) is 50.5 Å². The average Bonchev–Trinajstić information content (AvgIpc) is 2.96. The van der Waals surface area contributed by atoms with Gasteiger partial charge in [-0.1, -0.05) is 24.4 Å². The first-order valence-corrected chi connectivity index (χ1v) is 11.6. The lowest BCUT2D eigenvalue weighted by molar-refractivity contribution is -0.119. The third-order valence-electron chi connectivity index (χ3n) is 6.31. The van der Waals surface area contributed by atoms with Gasteiger partial charge < -0.3 is 10.6 Å². The van der Waals surface area contributed by atoms with Crippen molar-refractivity contribution >= 4 is 29.2 Å². The van der Waals surface area contributed by atoms with Gasteiger partial charge in [0.25, 0.3) is 0 Å². The smallest absolute Gasteiger partial charge is 0.225 e. The second-order valence-electron chi connectivity index (χ2n) is 8.77. The minimum Gasteiger partial charge on any atom is -0.354 e. The highest BCUT2D eigenvalue weighted by Gasteiger charge is 2.25. The van der Waals surface area contributed by atoms with Crippen molar-refractivity contribution in [1.29, 1.82) is 0 Å². The Labute approximate surface area is 188 Å². The molecule has 0 spiro atoms. The van der Waals surface area contributed by atoms with Crippen LogP contribution in [0.5, 0.6) is 0 Å². The molecule has 2 aliphatic rings. The molecule has 1 aliphatic carbocycles. The van der Waals surface area contributed by atoms with Crippen LogP contribution in [0.2, 0.25) is 5.02 Å². The molecule has 1 aliphatic heterocycles. The van der Waals surface area contributed by atoms with Crippen LogP contribution in [0.15, 0.2) is 18.5 Å². The van der Waals surface area contributed by atoms with E-state index in [9.17, 15) is 9.59 Å². The number of fused-ring (bicyclic) bond motifs is 1. The summed E-state index contributed by atoms with van der Waals surface area (Å²) in [5, 5.41) is 11.0. The molecule has 2 N–H and O–H groups in total. The fraction of sp³-hybridized carbons (Fsp3) is 0.565. The van der Waals surface area contributed by atoms with Gasteiger partial charge in [0.1, 0.15) is 5.82 Å². The Bertz CT molecular complexity index is 957. The van der Waals surface area contributed by atoms with Crippen LogP contribution >= 0.6 is 11.6 Å². The number of amides is 2. The molecule has 4 rings (SSSR count). The standard InChI is InChI=1S/C23H30ClN5O2/c1-15(30)27-17-7-5-6-16(10-17)11-23(31)28-22-12-18(20(24)14-25-22)19-13-26-29-9-4-2-3-8-21(19)29/h12-14,16-17H,2-11H2,1H3,(H,27,30)(H,25,28,31)/t16-,17+/m0/s1. The first-order valence-electron chi connectivity index (χ1n) is 11.3. The average molecular weight is 444 g/mol. The Balaban J connectivity index is 1.44. The maximum Gasteiger partial charge on any atom is 0.225 e. The van der Waals surface area contributed by atoms with Crippen molar-refractivity contribution in [3.05, 3.63) is 29.2 Å². The van der Waals surface area contributed by atoms with E-state index in [4.69, 9.17) is 11.6 Å². The van der Waals surface area contributed by atoms with Crippen LogP contribution in [0.3, 0.4) is 0 Å². The van der Waals surface area contributed by atoms with Crippen molar-refractivity contribution in [1.82, 2.24) is 20.1 Å². The molecule has 8 heteroatoms. The van der Waals surface area contributed by atoms with E-state index in [1.54, 1.807) is 13.1 Å². The summed E-state index contributed by atoms with van der Waals surface area (Å²) in [6, 6.07) is 2.02. The molecule has 2 aromatic heterocycles. The maximum absolute atomic E-state index is 12.7. The van der Waals surface area contributed by atoms with Crippen molar-refractivity contribution in [2.24, 2.45) is 5.92 Å². The SMILES string of the molecule is CC(=O)N[C@@H]1CCC[C@H](CC(=O)Nc2cc(-c3cnn4c3CCCCC4)c(Cl)cn2)C1. The van der Waals surface area contributed by atoms with E-state index in [0.717, 1.165) is 62.6 Å². The largest absolute Gasteiger partial charge is 0.354 e. The summed E-state index contributed by atoms with van der Waals surface area (Å²) >= 11 is 6.47. The molecule has 1 saturated carbocycles. The molecule has 0 unspecified atom stereocenters. The molecule has 7 nitrogen and oxygen atoms in total. The van der Waals surface area contributed by atoms with E-state index >= 15 is 0 Å². The molecule has 0 aromatic carbocycles. The van der Waals surface area contributed by atoms with Gasteiger partial charge in [0.15, 0.2) is 0 Å². The lowest BCUT2D eigenvalue weighted by atomic mass is 9.83. The summed E-state index contributed by atoms with van der Waals surface area (Å²) in [4.78, 5) is 28.3. The van der Waals surface area contributed by atoms with Crippen LogP contribution in [0.1, 0.15) is 64.0 Å². The molecule has 0 radical (unpaired) electrons. The number of carbonyl (C=O) groups excluding carboxylic acids is 2. The summed E-state index contributed by atoms with van der Waals surface area (Å²) in [6.45, 7) is 2.47. The predicted octanol–water partition coefficient (Wildman–Crippen LogP) is 4.35. The first-order chi connectivity index (χ1) is 15.0. The van der Waals surface area contributed by atoms with Gasteiger partial charge in [-0.2, -0.15) is 5.10 Å². The number of rotatable bonds is 5. The number of aryl methyl sites for hydroxylation is 1. The Morgan fingerprint density at radius 3 is 2.87 bits per heavy atom. The Morgan fingerprint density at radius 1 is 1.16 bits per heavy atom. The molecule has 3 heterocycles. The Kier molecular flexibility index (Phi) is 6.90. The third-order valence-corrected chi connectivity index (χ3v) is 6.61. The maximum atomic E-state index is 12.7. The second kappa shape index (κ2) is 9.81. The summed E-state index contributed by atoms with van der Waals surface area (Å²) < 4.78 is 2.08. The first kappa shape index (κ1) is 21.8. The zero-order chi connectivity index (χ0) is 21.8. The number of hydrogen-bond donors (Lipinski definition) is 2. The third kappa shape index (κ3) is 5.45. The van der Waals surface area contributed by atoms with Crippen LogP contribution in [-0.4, -0.2) is 32.6 Å². The lowest BCUT2D eigenvalue weighted by Crippen LogP contribution is -2.37. The van der Waals surface area contributed by atoms with Gasteiger partial charge in [-0.15, -0.1) is 0 Å². The number of anilines is 1. The summed E-state index contributed by atoms with van der Waals surface area (Å²) in [5.74, 6) is 0.713. The van der Waals surface area contributed by atoms with Gasteiger partial charge in [0, 0.05) is 48.9 Å². The fourth-order valence-corrected chi connectivity index (χ4v) is 5.09. The molecule has 31 heavy (non-hydrogen) atoms. The molecule has 2 amide bonds. The van der Waals surface area contributed by atoms with Crippen LogP contribution in [0.25, 0.3) is 11.1 Å². The van der Waals surface area contributed by atoms with E-state index in [1.807, 2.05) is 12.3 Å². The highest BCUT2D eigenvalue weighted by molar-refractivity contribution is 6.33. The molecular weight excluding hydrogens is 414 g/mol. The zero-order valence-corrected chi connectivity index (χ0v) is 18.7. The van der Waals surface area contributed by atoms with E-state index in [0.29, 0.717) is 17.3 Å². The van der Waals surface area contributed by atoms with Gasteiger partial charge in [0.2, 0.25) is 11.8 Å². The number of nitrogens with zero attached hydrogens (tertiary/aromatic N) is 3. The topological polar surface area (TPSA) is 88.9 Å². The van der Waals surface area contributed by atoms with E-state index in [1.165, 1.54) is 12.1 Å². The molecule has 0 bridgehead atoms. The number of carbonyl (C=O) groups is 2. The molecule has 166 valence electrons. The van der Waals surface area contributed by atoms with Crippen molar-refractivity contribution in [2.75, 3.05) is 5.32 Å². The summed E-state index contributed by atoms with van der Waals surface area (Å²) in [7, 11) is 0. The minimum atomic E-state index is -0.0527. The highest BCUT2D eigenvalue weighted by atomic mass is 35.5. The zero-order valence-electron chi connectivity index (χ0n) is 18.0. The van der Waals surface area contributed by atoms with Crippen molar-refractivity contribution < 1.29 is 9.59 Å². The quantitative estimate of drug-likeness (QED) is 0.718. The van der Waals surface area contributed by atoms with Crippen LogP contribution in [0, 0.1) is 5.92 Å². The number of aromatic nitrogens is 3. The van der Waals surface area contributed by atoms with E-state index < -0.39 is 0 Å². The van der Waals surface area contributed by atoms with E-state index in [2.05, 4.69) is 25.4 Å². The van der Waals surface area contributed by atoms with Gasteiger partial charge in [0.05, 0.1) is 11.2 Å². The Morgan fingerprint density at radius 2 is 2.03 bits per heavy atom. The number of halogens is 1.